The van der Waals surface area contributed by atoms with E-state index in [0.29, 0.717) is 16.8 Å². The van der Waals surface area contributed by atoms with Crippen molar-refractivity contribution in [3.63, 3.8) is 0 Å². The van der Waals surface area contributed by atoms with Gasteiger partial charge in [-0.2, -0.15) is 5.10 Å². The van der Waals surface area contributed by atoms with Crippen LogP contribution in [0.2, 0.25) is 0 Å². The van der Waals surface area contributed by atoms with Gasteiger partial charge in [-0.15, -0.1) is 0 Å². The molecule has 130 valence electrons. The Morgan fingerprint density at radius 1 is 1.08 bits per heavy atom. The fourth-order valence-electron chi connectivity index (χ4n) is 2.86. The number of nitrogens with zero attached hydrogens (tertiary/aromatic N) is 4. The van der Waals surface area contributed by atoms with Crippen LogP contribution in [0.25, 0.3) is 33.4 Å². The number of nitrogen functional groups attached to an aromatic ring is 2. The number of hydrogen-bond acceptors (Lipinski definition) is 6. The van der Waals surface area contributed by atoms with Gasteiger partial charge in [-0.05, 0) is 42.0 Å². The summed E-state index contributed by atoms with van der Waals surface area (Å²) in [5.41, 5.74) is 10.3. The Bertz CT molecular complexity index is 1170. The van der Waals surface area contributed by atoms with Crippen molar-refractivity contribution in [3.8, 4) is 22.4 Å². The summed E-state index contributed by atoms with van der Waals surface area (Å²) in [6.07, 6.45) is 1.61. The first-order valence-corrected chi connectivity index (χ1v) is 7.69. The zero-order chi connectivity index (χ0) is 18.3. The van der Waals surface area contributed by atoms with Crippen molar-refractivity contribution >= 4 is 17.0 Å². The highest BCUT2D eigenvalue weighted by Gasteiger charge is 2.17. The Kier molecular flexibility index (Phi) is 3.54. The van der Waals surface area contributed by atoms with E-state index in [2.05, 4.69) is 20.1 Å². The molecule has 0 fully saturated rings. The molecule has 7 N–H and O–H groups in total. The van der Waals surface area contributed by atoms with E-state index in [0.717, 1.165) is 21.3 Å². The summed E-state index contributed by atoms with van der Waals surface area (Å²) < 4.78 is 14.4. The van der Waals surface area contributed by atoms with Crippen LogP contribution in [0, 0.1) is 5.82 Å². The predicted molar refractivity (Wildman–Crippen MR) is 97.0 cm³/mol. The normalized spacial score (nSPS) is 12.0. The minimum absolute atomic E-state index is 0.0277. The van der Waals surface area contributed by atoms with Crippen LogP contribution in [0.1, 0.15) is 0 Å². The second kappa shape index (κ2) is 5.88. The lowest BCUT2D eigenvalue weighted by atomic mass is 10.00. The Morgan fingerprint density at radius 3 is 2.54 bits per heavy atom. The number of nitrogens with one attached hydrogen (secondary N) is 1. The molecule has 4 aromatic rings. The van der Waals surface area contributed by atoms with Gasteiger partial charge < -0.3 is 22.4 Å². The first-order valence-electron chi connectivity index (χ1n) is 7.69. The zero-order valence-corrected chi connectivity index (χ0v) is 13.5. The minimum Gasteiger partial charge on any atom is -0.368 e. The highest BCUT2D eigenvalue weighted by molar-refractivity contribution is 5.86. The topological polar surface area (TPSA) is 137 Å². The van der Waals surface area contributed by atoms with Gasteiger partial charge in [0.15, 0.2) is 5.49 Å². The van der Waals surface area contributed by atoms with Crippen molar-refractivity contribution in [2.45, 2.75) is 0 Å². The lowest BCUT2D eigenvalue weighted by Gasteiger charge is -2.14. The third-order valence-corrected chi connectivity index (χ3v) is 4.11. The third kappa shape index (κ3) is 2.42. The number of hydrogen-bond donors (Lipinski definition) is 4. The smallest absolute Gasteiger partial charge is 0.221 e. The third-order valence-electron chi connectivity index (χ3n) is 4.11. The first-order chi connectivity index (χ1) is 12.6. The van der Waals surface area contributed by atoms with Gasteiger partial charge in [-0.1, -0.05) is 6.07 Å². The first kappa shape index (κ1) is 15.6. The van der Waals surface area contributed by atoms with E-state index in [1.807, 2.05) is 18.2 Å². The molecule has 0 atom stereocenters. The van der Waals surface area contributed by atoms with Crippen molar-refractivity contribution in [2.75, 3.05) is 11.6 Å². The van der Waals surface area contributed by atoms with Crippen LogP contribution in [0.15, 0.2) is 53.9 Å². The summed E-state index contributed by atoms with van der Waals surface area (Å²) in [7, 11) is 0. The number of benzene rings is 2. The summed E-state index contributed by atoms with van der Waals surface area (Å²) >= 11 is 0. The average molecular weight is 350 g/mol. The maximum absolute atomic E-state index is 13.3. The average Bonchev–Trinajstić information content (AvgIpc) is 3.12. The van der Waals surface area contributed by atoms with E-state index in [4.69, 9.17) is 17.4 Å². The Morgan fingerprint density at radius 2 is 1.81 bits per heavy atom. The summed E-state index contributed by atoms with van der Waals surface area (Å²) in [5, 5.41) is 3.80. The van der Waals surface area contributed by atoms with E-state index >= 15 is 0 Å². The molecular formula is C17H15FN8. The molecule has 0 aliphatic rings. The number of rotatable bonds is 2. The molecule has 2 heterocycles. The molecule has 2 aromatic carbocycles. The summed E-state index contributed by atoms with van der Waals surface area (Å²) in [4.78, 5) is 11.6. The van der Waals surface area contributed by atoms with Crippen LogP contribution < -0.4 is 22.9 Å². The molecule has 9 heteroatoms. The lowest BCUT2D eigenvalue weighted by molar-refractivity contribution is 0.628. The van der Waals surface area contributed by atoms with Gasteiger partial charge >= 0.3 is 0 Å². The van der Waals surface area contributed by atoms with E-state index < -0.39 is 0 Å². The quantitative estimate of drug-likeness (QED) is 0.319. The standard InChI is InChI=1S/C17H15FN8/c18-11-4-1-9(2-5-11)15-14(16(25-20)26(21)17(19)24-15)10-3-6-12-13(7-10)23-8-22-12/h1-8H,20-21H2,(H2,19,24)(H,22,23)/b25-16-. The number of aromatic nitrogens is 4. The molecular weight excluding hydrogens is 335 g/mol. The van der Waals surface area contributed by atoms with Gasteiger partial charge in [0.1, 0.15) is 5.82 Å². The lowest BCUT2D eigenvalue weighted by Crippen LogP contribution is -2.34. The van der Waals surface area contributed by atoms with Crippen molar-refractivity contribution in [2.24, 2.45) is 10.9 Å². The Balaban J connectivity index is 2.08. The second-order valence-electron chi connectivity index (χ2n) is 5.66. The molecule has 0 saturated carbocycles. The predicted octanol–water partition coefficient (Wildman–Crippen LogP) is 1.30. The number of imidazole rings is 1. The van der Waals surface area contributed by atoms with Gasteiger partial charge in [0.05, 0.1) is 28.6 Å². The molecule has 2 aromatic heterocycles. The molecule has 4 rings (SSSR count). The van der Waals surface area contributed by atoms with Gasteiger partial charge in [-0.25, -0.2) is 19.0 Å². The van der Waals surface area contributed by atoms with E-state index in [1.54, 1.807) is 18.5 Å². The highest BCUT2D eigenvalue weighted by Crippen LogP contribution is 2.30. The molecule has 0 aliphatic heterocycles. The number of nitrogens with two attached hydrogens (primary N) is 3. The largest absolute Gasteiger partial charge is 0.368 e. The molecule has 0 spiro atoms. The SMILES string of the molecule is N/N=c1/c(-c2ccc3nc[nH]c3c2)c(-c2ccc(F)cc2)nc(N)n1N. The molecule has 0 aliphatic carbocycles. The van der Waals surface area contributed by atoms with E-state index in [9.17, 15) is 4.39 Å². The number of fused-ring (bicyclic) bond motifs is 1. The maximum atomic E-state index is 13.3. The molecule has 0 saturated heterocycles. The van der Waals surface area contributed by atoms with Crippen molar-refractivity contribution < 1.29 is 4.39 Å². The Labute approximate surface area is 146 Å². The highest BCUT2D eigenvalue weighted by atomic mass is 19.1. The number of aromatic amines is 1. The molecule has 0 unspecified atom stereocenters. The molecule has 0 bridgehead atoms. The van der Waals surface area contributed by atoms with Crippen molar-refractivity contribution in [3.05, 3.63) is 60.1 Å². The van der Waals surface area contributed by atoms with E-state index in [-0.39, 0.29) is 17.3 Å². The number of halogens is 1. The van der Waals surface area contributed by atoms with Crippen LogP contribution in [0.4, 0.5) is 10.3 Å². The van der Waals surface area contributed by atoms with Crippen LogP contribution in [0.3, 0.4) is 0 Å². The molecule has 0 radical (unpaired) electrons. The fourth-order valence-corrected chi connectivity index (χ4v) is 2.86. The van der Waals surface area contributed by atoms with Crippen LogP contribution in [-0.2, 0) is 0 Å². The van der Waals surface area contributed by atoms with Crippen molar-refractivity contribution in [1.29, 1.82) is 0 Å². The van der Waals surface area contributed by atoms with Crippen LogP contribution in [0.5, 0.6) is 0 Å². The molecule has 8 nitrogen and oxygen atoms in total. The van der Waals surface area contributed by atoms with Crippen molar-refractivity contribution in [1.82, 2.24) is 19.6 Å². The maximum Gasteiger partial charge on any atom is 0.221 e. The van der Waals surface area contributed by atoms with E-state index in [1.165, 1.54) is 12.1 Å². The van der Waals surface area contributed by atoms with Gasteiger partial charge in [0, 0.05) is 5.56 Å². The number of H-pyrrole nitrogens is 1. The van der Waals surface area contributed by atoms with Crippen LogP contribution >= 0.6 is 0 Å². The fraction of sp³-hybridized carbons (Fsp3) is 0. The Hall–Kier alpha value is -3.88. The molecule has 0 amide bonds. The number of anilines is 1. The molecule has 26 heavy (non-hydrogen) atoms. The second-order valence-corrected chi connectivity index (χ2v) is 5.66. The summed E-state index contributed by atoms with van der Waals surface area (Å²) in [5.74, 6) is 11.2. The summed E-state index contributed by atoms with van der Waals surface area (Å²) in [6, 6.07) is 11.5. The summed E-state index contributed by atoms with van der Waals surface area (Å²) in [6.45, 7) is 0. The van der Waals surface area contributed by atoms with Gasteiger partial charge in [0.2, 0.25) is 5.95 Å². The minimum atomic E-state index is -0.351. The monoisotopic (exact) mass is 350 g/mol. The van der Waals surface area contributed by atoms with Gasteiger partial charge in [-0.3, -0.25) is 0 Å². The van der Waals surface area contributed by atoms with Gasteiger partial charge in [0.25, 0.3) is 0 Å². The zero-order valence-electron chi connectivity index (χ0n) is 13.5. The van der Waals surface area contributed by atoms with Crippen LogP contribution in [-0.4, -0.2) is 19.6 Å².